The van der Waals surface area contributed by atoms with Gasteiger partial charge in [-0.05, 0) is 12.1 Å². The first-order valence-electron chi connectivity index (χ1n) is 5.16. The van der Waals surface area contributed by atoms with Crippen molar-refractivity contribution in [1.82, 2.24) is 16.1 Å². The van der Waals surface area contributed by atoms with E-state index in [1.165, 1.54) is 5.48 Å². The highest BCUT2D eigenvalue weighted by Gasteiger charge is 2.08. The Morgan fingerprint density at radius 3 is 2.17 bits per heavy atom. The lowest BCUT2D eigenvalue weighted by molar-refractivity contribution is -0.130. The first-order valence-corrected chi connectivity index (χ1v) is 5.16. The Morgan fingerprint density at radius 2 is 1.56 bits per heavy atom. The van der Waals surface area contributed by atoms with Crippen molar-refractivity contribution in [1.29, 1.82) is 0 Å². The zero-order valence-electron chi connectivity index (χ0n) is 9.47. The summed E-state index contributed by atoms with van der Waals surface area (Å²) in [4.78, 5) is 33.4. The molecule has 0 heterocycles. The van der Waals surface area contributed by atoms with Crippen molar-refractivity contribution in [3.05, 3.63) is 35.9 Å². The number of hydrogen-bond donors (Lipinski definition) is 4. The molecule has 0 unspecified atom stereocenters. The number of hydrogen-bond acceptors (Lipinski definition) is 4. The highest BCUT2D eigenvalue weighted by molar-refractivity contribution is 5.96. The van der Waals surface area contributed by atoms with Crippen molar-refractivity contribution in [3.63, 3.8) is 0 Å². The smallest absolute Gasteiger partial charge is 0.262 e. The zero-order valence-corrected chi connectivity index (χ0v) is 9.47. The number of carbonyl (C=O) groups excluding carboxylic acids is 3. The molecule has 0 aliphatic rings. The average Bonchev–Trinajstić information content (AvgIpc) is 2.42. The fraction of sp³-hybridized carbons (Fsp3) is 0.182. The Hall–Kier alpha value is -2.41. The van der Waals surface area contributed by atoms with Gasteiger partial charge in [0, 0.05) is 5.56 Å². The number of rotatable bonds is 5. The lowest BCUT2D eigenvalue weighted by atomic mass is 10.2. The molecule has 18 heavy (non-hydrogen) atoms. The molecule has 1 aromatic rings. The summed E-state index contributed by atoms with van der Waals surface area (Å²) in [5.41, 5.74) is 1.81. The van der Waals surface area contributed by atoms with Gasteiger partial charge in [0.1, 0.15) is 0 Å². The molecule has 0 radical (unpaired) electrons. The summed E-state index contributed by atoms with van der Waals surface area (Å²) in [5.74, 6) is -1.64. The first kappa shape index (κ1) is 13.7. The third-order valence-electron chi connectivity index (χ3n) is 2.02. The molecule has 3 amide bonds. The van der Waals surface area contributed by atoms with Gasteiger partial charge in [0.25, 0.3) is 11.8 Å². The van der Waals surface area contributed by atoms with Gasteiger partial charge in [-0.15, -0.1) is 0 Å². The van der Waals surface area contributed by atoms with Gasteiger partial charge in [-0.25, -0.2) is 5.48 Å². The standard InChI is InChI=1S/C11H13N3O4/c15-9(12-7-10(16)14-18)6-13-11(17)8-4-2-1-3-5-8/h1-5,18H,6-7H2,(H,12,15)(H,13,17)(H,14,16). The SMILES string of the molecule is O=C(CNC(=O)CNC(=O)c1ccccc1)NO. The molecule has 96 valence electrons. The summed E-state index contributed by atoms with van der Waals surface area (Å²) in [6, 6.07) is 8.43. The summed E-state index contributed by atoms with van der Waals surface area (Å²) in [6.45, 7) is -0.594. The highest BCUT2D eigenvalue weighted by atomic mass is 16.5. The van der Waals surface area contributed by atoms with Gasteiger partial charge in [0.15, 0.2) is 0 Å². The summed E-state index contributed by atoms with van der Waals surface area (Å²) in [6.07, 6.45) is 0. The van der Waals surface area contributed by atoms with Crippen LogP contribution in [0.2, 0.25) is 0 Å². The van der Waals surface area contributed by atoms with Gasteiger partial charge < -0.3 is 10.6 Å². The monoisotopic (exact) mass is 251 g/mol. The van der Waals surface area contributed by atoms with Crippen LogP contribution in [0.15, 0.2) is 30.3 Å². The van der Waals surface area contributed by atoms with E-state index in [1.54, 1.807) is 30.3 Å². The molecule has 0 atom stereocenters. The number of carbonyl (C=O) groups is 3. The van der Waals surface area contributed by atoms with Crippen molar-refractivity contribution < 1.29 is 19.6 Å². The number of hydroxylamine groups is 1. The maximum Gasteiger partial charge on any atom is 0.262 e. The van der Waals surface area contributed by atoms with E-state index in [-0.39, 0.29) is 19.0 Å². The minimum Gasteiger partial charge on any atom is -0.345 e. The molecule has 0 saturated carbocycles. The molecule has 1 aromatic carbocycles. The van der Waals surface area contributed by atoms with E-state index >= 15 is 0 Å². The van der Waals surface area contributed by atoms with E-state index in [0.717, 1.165) is 0 Å². The second-order valence-corrected chi connectivity index (χ2v) is 3.36. The lowest BCUT2D eigenvalue weighted by Gasteiger charge is -2.05. The molecule has 4 N–H and O–H groups in total. The van der Waals surface area contributed by atoms with E-state index in [2.05, 4.69) is 10.6 Å². The van der Waals surface area contributed by atoms with E-state index in [1.807, 2.05) is 0 Å². The Balaban J connectivity index is 2.31. The van der Waals surface area contributed by atoms with Crippen LogP contribution in [0.4, 0.5) is 0 Å². The van der Waals surface area contributed by atoms with Crippen molar-refractivity contribution in [3.8, 4) is 0 Å². The number of nitrogens with one attached hydrogen (secondary N) is 3. The van der Waals surface area contributed by atoms with Crippen molar-refractivity contribution in [2.24, 2.45) is 0 Å². The molecule has 7 nitrogen and oxygen atoms in total. The van der Waals surface area contributed by atoms with Crippen LogP contribution in [-0.4, -0.2) is 36.0 Å². The minimum atomic E-state index is -0.738. The molecular weight excluding hydrogens is 238 g/mol. The molecule has 1 rings (SSSR count). The molecule has 7 heteroatoms. The Kier molecular flexibility index (Phi) is 5.33. The molecule has 0 aliphatic heterocycles. The van der Waals surface area contributed by atoms with Crippen LogP contribution < -0.4 is 16.1 Å². The zero-order chi connectivity index (χ0) is 13.4. The predicted octanol–water partition coefficient (Wildman–Crippen LogP) is -0.962. The maximum absolute atomic E-state index is 11.5. The normalized spacial score (nSPS) is 9.39. The van der Waals surface area contributed by atoms with E-state index < -0.39 is 11.8 Å². The Bertz CT molecular complexity index is 433. The molecule has 0 bridgehead atoms. The highest BCUT2D eigenvalue weighted by Crippen LogP contribution is 1.96. The first-order chi connectivity index (χ1) is 8.63. The second kappa shape index (κ2) is 7.02. The van der Waals surface area contributed by atoms with Crippen LogP contribution in [0.1, 0.15) is 10.4 Å². The van der Waals surface area contributed by atoms with Gasteiger partial charge in [-0.1, -0.05) is 18.2 Å². The second-order valence-electron chi connectivity index (χ2n) is 3.36. The van der Waals surface area contributed by atoms with Crippen LogP contribution in [-0.2, 0) is 9.59 Å². The van der Waals surface area contributed by atoms with Crippen molar-refractivity contribution in [2.45, 2.75) is 0 Å². The van der Waals surface area contributed by atoms with Crippen LogP contribution >= 0.6 is 0 Å². The number of amides is 3. The quantitative estimate of drug-likeness (QED) is 0.399. The molecule has 0 saturated heterocycles. The fourth-order valence-electron chi connectivity index (χ4n) is 1.13. The van der Waals surface area contributed by atoms with E-state index in [0.29, 0.717) is 5.56 Å². The van der Waals surface area contributed by atoms with Crippen LogP contribution in [0.3, 0.4) is 0 Å². The summed E-state index contributed by atoms with van der Waals surface area (Å²) in [5, 5.41) is 12.8. The van der Waals surface area contributed by atoms with E-state index in [4.69, 9.17) is 5.21 Å². The van der Waals surface area contributed by atoms with Crippen LogP contribution in [0, 0.1) is 0 Å². The molecular formula is C11H13N3O4. The topological polar surface area (TPSA) is 108 Å². The van der Waals surface area contributed by atoms with E-state index in [9.17, 15) is 14.4 Å². The van der Waals surface area contributed by atoms with Crippen molar-refractivity contribution in [2.75, 3.05) is 13.1 Å². The summed E-state index contributed by atoms with van der Waals surface area (Å²) in [7, 11) is 0. The molecule has 0 aromatic heterocycles. The minimum absolute atomic E-state index is 0.244. The third-order valence-corrected chi connectivity index (χ3v) is 2.02. The van der Waals surface area contributed by atoms with Gasteiger partial charge in [-0.2, -0.15) is 0 Å². The Labute approximate surface area is 103 Å². The largest absolute Gasteiger partial charge is 0.345 e. The lowest BCUT2D eigenvalue weighted by Crippen LogP contribution is -2.41. The van der Waals surface area contributed by atoms with Gasteiger partial charge >= 0.3 is 0 Å². The summed E-state index contributed by atoms with van der Waals surface area (Å²) < 4.78 is 0. The van der Waals surface area contributed by atoms with Gasteiger partial charge in [0.05, 0.1) is 13.1 Å². The maximum atomic E-state index is 11.5. The third kappa shape index (κ3) is 4.62. The van der Waals surface area contributed by atoms with Gasteiger partial charge in [-0.3, -0.25) is 19.6 Å². The molecule has 0 aliphatic carbocycles. The fourth-order valence-corrected chi connectivity index (χ4v) is 1.13. The summed E-state index contributed by atoms with van der Waals surface area (Å²) >= 11 is 0. The average molecular weight is 251 g/mol. The van der Waals surface area contributed by atoms with Crippen molar-refractivity contribution >= 4 is 17.7 Å². The van der Waals surface area contributed by atoms with Crippen LogP contribution in [0.25, 0.3) is 0 Å². The van der Waals surface area contributed by atoms with Gasteiger partial charge in [0.2, 0.25) is 5.91 Å². The Morgan fingerprint density at radius 1 is 0.944 bits per heavy atom. The molecule has 0 spiro atoms. The van der Waals surface area contributed by atoms with Crippen LogP contribution in [0.5, 0.6) is 0 Å². The molecule has 0 fully saturated rings. The predicted molar refractivity (Wildman–Crippen MR) is 61.7 cm³/mol. The number of benzene rings is 1.